The molecule has 0 spiro atoms. The van der Waals surface area contributed by atoms with Crippen LogP contribution in [-0.2, 0) is 27.2 Å². The lowest BCUT2D eigenvalue weighted by Gasteiger charge is -2.29. The first-order valence-electron chi connectivity index (χ1n) is 11.9. The Kier molecular flexibility index (Phi) is 9.44. The number of hydrogen-bond donors (Lipinski definition) is 6. The zero-order valence-electron chi connectivity index (χ0n) is 20.8. The Labute approximate surface area is 223 Å². The highest BCUT2D eigenvalue weighted by Crippen LogP contribution is 2.20. The predicted molar refractivity (Wildman–Crippen MR) is 141 cm³/mol. The van der Waals surface area contributed by atoms with Crippen LogP contribution in [0.15, 0.2) is 84.9 Å². The van der Waals surface area contributed by atoms with E-state index in [-0.39, 0.29) is 24.1 Å². The van der Waals surface area contributed by atoms with Crippen LogP contribution in [0.2, 0.25) is 0 Å². The van der Waals surface area contributed by atoms with Gasteiger partial charge in [0.1, 0.15) is 18.2 Å². The molecule has 0 bridgehead atoms. The van der Waals surface area contributed by atoms with Gasteiger partial charge in [0, 0.05) is 25.0 Å². The number of aliphatic carboxylic acids is 1. The van der Waals surface area contributed by atoms with Crippen molar-refractivity contribution in [3.63, 3.8) is 0 Å². The Morgan fingerprint density at radius 1 is 0.897 bits per heavy atom. The number of nitrogens with one attached hydrogen (secondary N) is 2. The van der Waals surface area contributed by atoms with E-state index in [4.69, 9.17) is 11.5 Å². The molecule has 2 amide bonds. The lowest BCUT2D eigenvalue weighted by atomic mass is 9.98. The van der Waals surface area contributed by atoms with Gasteiger partial charge >= 0.3 is 5.97 Å². The number of carboxylic acids is 1. The molecular weight excluding hydrogens is 506 g/mol. The Bertz CT molecular complexity index is 1310. The summed E-state index contributed by atoms with van der Waals surface area (Å²) in [6, 6.07) is 19.2. The Morgan fingerprint density at radius 3 is 1.95 bits per heavy atom. The Balaban J connectivity index is 1.80. The molecule has 204 valence electrons. The van der Waals surface area contributed by atoms with Crippen molar-refractivity contribution < 1.29 is 29.5 Å². The first kappa shape index (κ1) is 28.9. The summed E-state index contributed by atoms with van der Waals surface area (Å²) in [5, 5.41) is 36.1. The number of nitro benzene ring substituents is 1. The number of aliphatic hydroxyl groups is 1. The number of carboxylic acid groups (broad SMARTS) is 1. The van der Waals surface area contributed by atoms with E-state index < -0.39 is 46.6 Å². The van der Waals surface area contributed by atoms with Crippen LogP contribution in [0.25, 0.3) is 0 Å². The van der Waals surface area contributed by atoms with E-state index in [0.717, 1.165) is 12.1 Å². The number of amides is 2. The van der Waals surface area contributed by atoms with Crippen LogP contribution in [0, 0.1) is 10.1 Å². The average molecular weight is 536 g/mol. The molecule has 0 saturated carbocycles. The summed E-state index contributed by atoms with van der Waals surface area (Å²) in [7, 11) is 0. The standard InChI is InChI=1S/C27H29N5O7/c28-22(23(33)19-11-13-20(14-12-19)32(38)39)25(35)30-21(15-17-7-3-1-4-8-17)24(34)31-27(29,26(36)37)16-18-9-5-2-6-10-18/h1-14,21-23,33H,15-16,28-29H2,(H,30,35)(H,31,34)(H,36,37)/t21-,22+,23-,27-/m0/s1. The fourth-order valence-corrected chi connectivity index (χ4v) is 3.87. The van der Waals surface area contributed by atoms with Crippen LogP contribution < -0.4 is 22.1 Å². The number of nitrogens with zero attached hydrogens (tertiary/aromatic N) is 1. The normalized spacial score (nSPS) is 14.7. The quantitative estimate of drug-likeness (QED) is 0.110. The van der Waals surface area contributed by atoms with Gasteiger partial charge in [-0.15, -0.1) is 0 Å². The predicted octanol–water partition coefficient (Wildman–Crippen LogP) is 0.782. The van der Waals surface area contributed by atoms with Crippen LogP contribution in [0.1, 0.15) is 22.8 Å². The topological polar surface area (TPSA) is 211 Å². The molecule has 8 N–H and O–H groups in total. The molecule has 3 aromatic rings. The van der Waals surface area contributed by atoms with Crippen molar-refractivity contribution in [1.82, 2.24) is 10.6 Å². The molecule has 0 radical (unpaired) electrons. The van der Waals surface area contributed by atoms with Crippen molar-refractivity contribution in [2.75, 3.05) is 0 Å². The van der Waals surface area contributed by atoms with Crippen LogP contribution in [0.5, 0.6) is 0 Å². The van der Waals surface area contributed by atoms with E-state index in [0.29, 0.717) is 11.1 Å². The fraction of sp³-hybridized carbons (Fsp3) is 0.222. The zero-order valence-corrected chi connectivity index (χ0v) is 20.8. The van der Waals surface area contributed by atoms with Gasteiger partial charge in [-0.1, -0.05) is 60.7 Å². The van der Waals surface area contributed by atoms with Crippen LogP contribution in [-0.4, -0.2) is 50.7 Å². The highest BCUT2D eigenvalue weighted by Gasteiger charge is 2.39. The minimum atomic E-state index is -2.18. The lowest BCUT2D eigenvalue weighted by Crippen LogP contribution is -2.66. The Morgan fingerprint density at radius 2 is 1.44 bits per heavy atom. The molecule has 0 fully saturated rings. The van der Waals surface area contributed by atoms with Crippen molar-refractivity contribution in [2.45, 2.75) is 36.7 Å². The zero-order chi connectivity index (χ0) is 28.6. The minimum absolute atomic E-state index is 0.0280. The van der Waals surface area contributed by atoms with Crippen LogP contribution >= 0.6 is 0 Å². The maximum absolute atomic E-state index is 13.3. The smallest absolute Gasteiger partial charge is 0.344 e. The molecule has 12 heteroatoms. The van der Waals surface area contributed by atoms with Gasteiger partial charge in [0.2, 0.25) is 11.8 Å². The molecule has 0 aromatic heterocycles. The van der Waals surface area contributed by atoms with E-state index in [1.54, 1.807) is 60.7 Å². The van der Waals surface area contributed by atoms with E-state index in [2.05, 4.69) is 10.6 Å². The van der Waals surface area contributed by atoms with Gasteiger partial charge in [0.25, 0.3) is 5.69 Å². The third-order valence-electron chi connectivity index (χ3n) is 6.06. The Hall–Kier alpha value is -4.65. The molecule has 0 unspecified atom stereocenters. The summed E-state index contributed by atoms with van der Waals surface area (Å²) in [5.74, 6) is -3.25. The second-order valence-corrected chi connectivity index (χ2v) is 9.00. The molecule has 12 nitrogen and oxygen atoms in total. The summed E-state index contributed by atoms with van der Waals surface area (Å²) in [4.78, 5) is 48.6. The number of benzene rings is 3. The summed E-state index contributed by atoms with van der Waals surface area (Å²) >= 11 is 0. The highest BCUT2D eigenvalue weighted by molar-refractivity contribution is 5.93. The number of non-ortho nitro benzene ring substituents is 1. The number of hydrogen-bond acceptors (Lipinski definition) is 8. The number of nitrogens with two attached hydrogens (primary N) is 2. The second-order valence-electron chi connectivity index (χ2n) is 9.00. The van der Waals surface area contributed by atoms with E-state index in [9.17, 15) is 34.7 Å². The van der Waals surface area contributed by atoms with Crippen molar-refractivity contribution in [2.24, 2.45) is 11.5 Å². The number of carbonyl (C=O) groups is 3. The number of carbonyl (C=O) groups excluding carboxylic acids is 2. The SMILES string of the molecule is N[C@@H](C(=O)N[C@@H](Cc1ccccc1)C(=O)N[C@@](N)(Cc1ccccc1)C(=O)O)[C@@H](O)c1ccc([N+](=O)[O-])cc1. The van der Waals surface area contributed by atoms with Gasteiger partial charge in [-0.05, 0) is 28.8 Å². The van der Waals surface area contributed by atoms with Gasteiger partial charge < -0.3 is 26.6 Å². The molecule has 39 heavy (non-hydrogen) atoms. The molecule has 0 saturated heterocycles. The van der Waals surface area contributed by atoms with Crippen LogP contribution in [0.4, 0.5) is 5.69 Å². The first-order chi connectivity index (χ1) is 18.5. The molecule has 3 aromatic carbocycles. The first-order valence-corrected chi connectivity index (χ1v) is 11.9. The molecule has 4 atom stereocenters. The van der Waals surface area contributed by atoms with Crippen molar-refractivity contribution in [1.29, 1.82) is 0 Å². The number of nitro groups is 1. The summed E-state index contributed by atoms with van der Waals surface area (Å²) in [5.41, 5.74) is 11.1. The summed E-state index contributed by atoms with van der Waals surface area (Å²) in [6.07, 6.45) is -1.80. The maximum Gasteiger partial charge on any atom is 0.344 e. The average Bonchev–Trinajstić information content (AvgIpc) is 2.92. The van der Waals surface area contributed by atoms with Gasteiger partial charge in [0.15, 0.2) is 5.66 Å². The minimum Gasteiger partial charge on any atom is -0.478 e. The van der Waals surface area contributed by atoms with E-state index in [1.165, 1.54) is 12.1 Å². The van der Waals surface area contributed by atoms with E-state index >= 15 is 0 Å². The van der Waals surface area contributed by atoms with E-state index in [1.807, 2.05) is 0 Å². The molecule has 0 aliphatic carbocycles. The lowest BCUT2D eigenvalue weighted by molar-refractivity contribution is -0.384. The maximum atomic E-state index is 13.3. The largest absolute Gasteiger partial charge is 0.478 e. The van der Waals surface area contributed by atoms with Crippen molar-refractivity contribution >= 4 is 23.5 Å². The highest BCUT2D eigenvalue weighted by atomic mass is 16.6. The van der Waals surface area contributed by atoms with Gasteiger partial charge in [-0.25, -0.2) is 4.79 Å². The molecule has 0 heterocycles. The fourth-order valence-electron chi connectivity index (χ4n) is 3.87. The molecule has 0 aliphatic heterocycles. The van der Waals surface area contributed by atoms with Crippen molar-refractivity contribution in [3.05, 3.63) is 112 Å². The molecule has 0 aliphatic rings. The summed E-state index contributed by atoms with van der Waals surface area (Å²) < 4.78 is 0. The number of aliphatic hydroxyl groups excluding tert-OH is 1. The third kappa shape index (κ3) is 7.68. The van der Waals surface area contributed by atoms with Crippen LogP contribution in [0.3, 0.4) is 0 Å². The van der Waals surface area contributed by atoms with Crippen molar-refractivity contribution in [3.8, 4) is 0 Å². The van der Waals surface area contributed by atoms with Gasteiger partial charge in [0.05, 0.1) is 4.92 Å². The molecule has 3 rings (SSSR count). The summed E-state index contributed by atoms with van der Waals surface area (Å²) in [6.45, 7) is 0. The number of rotatable bonds is 12. The molecular formula is C27H29N5O7. The second kappa shape index (κ2) is 12.7. The monoisotopic (exact) mass is 535 g/mol. The third-order valence-corrected chi connectivity index (χ3v) is 6.06. The van der Waals surface area contributed by atoms with Gasteiger partial charge in [-0.2, -0.15) is 0 Å². The van der Waals surface area contributed by atoms with Gasteiger partial charge in [-0.3, -0.25) is 25.4 Å².